The number of benzene rings is 1. The molecule has 0 aromatic heterocycles. The van der Waals surface area contributed by atoms with Gasteiger partial charge >= 0.3 is 0 Å². The zero-order valence-corrected chi connectivity index (χ0v) is 22.0. The van der Waals surface area contributed by atoms with E-state index in [1.165, 1.54) is 23.1 Å². The van der Waals surface area contributed by atoms with Gasteiger partial charge in [-0.2, -0.15) is 0 Å². The zero-order valence-electron chi connectivity index (χ0n) is 22.0. The van der Waals surface area contributed by atoms with Gasteiger partial charge in [0.05, 0.1) is 0 Å². The predicted molar refractivity (Wildman–Crippen MR) is 147 cm³/mol. The number of rotatable bonds is 4. The smallest absolute Gasteiger partial charge is 0.217 e. The first-order chi connectivity index (χ1) is 17.8. The van der Waals surface area contributed by atoms with Gasteiger partial charge in [-0.05, 0) is 96.5 Å². The molecule has 8 atom stereocenters. The molecule has 6 rings (SSSR count). The first kappa shape index (κ1) is 24.6. The molecule has 0 heterocycles. The van der Waals surface area contributed by atoms with E-state index in [0.29, 0.717) is 41.3 Å². The maximum absolute atomic E-state index is 13.8. The second-order valence-electron chi connectivity index (χ2n) is 12.1. The van der Waals surface area contributed by atoms with Crippen molar-refractivity contribution in [2.75, 3.05) is 0 Å². The van der Waals surface area contributed by atoms with Gasteiger partial charge in [-0.3, -0.25) is 9.59 Å². The van der Waals surface area contributed by atoms with Gasteiger partial charge in [-0.15, -0.1) is 0 Å². The largest absolute Gasteiger partial charge is 0.354 e. The molecule has 5 aliphatic carbocycles. The topological polar surface area (TPSA) is 46.2 Å². The Bertz CT molecular complexity index is 1250. The molecule has 3 nitrogen and oxygen atoms in total. The van der Waals surface area contributed by atoms with Gasteiger partial charge in [0.1, 0.15) is 5.82 Å². The van der Waals surface area contributed by atoms with E-state index in [2.05, 4.69) is 49.5 Å². The van der Waals surface area contributed by atoms with Gasteiger partial charge < -0.3 is 5.32 Å². The summed E-state index contributed by atoms with van der Waals surface area (Å²) in [5.74, 6) is 4.10. The standard InChI is InChI=1S/C33H37FNO2.H2/c1-18-13-21(7-10-26(18)22-5-4-6-24(34)14-22)8-11-28-27-12-9-25(35-20(3)36)15-23(27)16-31-32(28)19(2)29-17-30(29)33(31)37;/h4-8,10-11,14,17-19,23,25,27-28,31-32H,9,12-13,15-16H2,1-3H3,(H,35,36);1H/b11-8+;/t18?,19-,23-,25-,27-,28+,31+,32-;/m1./s1. The van der Waals surface area contributed by atoms with Crippen LogP contribution >= 0.6 is 0 Å². The van der Waals surface area contributed by atoms with Crippen LogP contribution in [0.4, 0.5) is 4.39 Å². The van der Waals surface area contributed by atoms with Gasteiger partial charge in [-0.1, -0.05) is 56.4 Å². The predicted octanol–water partition coefficient (Wildman–Crippen LogP) is 6.88. The number of carbonyl (C=O) groups is 2. The first-order valence-corrected chi connectivity index (χ1v) is 14.0. The zero-order chi connectivity index (χ0) is 25.8. The highest BCUT2D eigenvalue weighted by Crippen LogP contribution is 2.60. The van der Waals surface area contributed by atoms with Crippen LogP contribution in [0.5, 0.6) is 0 Å². The Labute approximate surface area is 221 Å². The van der Waals surface area contributed by atoms with Crippen molar-refractivity contribution >= 4 is 17.3 Å². The second kappa shape index (κ2) is 9.53. The van der Waals surface area contributed by atoms with Gasteiger partial charge in [0.2, 0.25) is 5.91 Å². The summed E-state index contributed by atoms with van der Waals surface area (Å²) < 4.78 is 13.8. The summed E-state index contributed by atoms with van der Waals surface area (Å²) in [6.45, 7) is 6.14. The third-order valence-corrected chi connectivity index (χ3v) is 9.85. The number of hydrogen-bond donors (Lipinski definition) is 1. The normalized spacial score (nSPS) is 37.1. The molecular weight excluding hydrogens is 461 g/mol. The van der Waals surface area contributed by atoms with Gasteiger partial charge in [-0.25, -0.2) is 4.39 Å². The molecule has 0 aliphatic heterocycles. The minimum absolute atomic E-state index is 0. The van der Waals surface area contributed by atoms with E-state index in [-0.39, 0.29) is 25.1 Å². The van der Waals surface area contributed by atoms with Crippen molar-refractivity contribution < 1.29 is 15.4 Å². The van der Waals surface area contributed by atoms with E-state index in [1.54, 1.807) is 19.1 Å². The molecule has 5 aliphatic rings. The minimum atomic E-state index is -0.197. The Morgan fingerprint density at radius 2 is 2.00 bits per heavy atom. The number of fused-ring (bicyclic) bond motifs is 3. The van der Waals surface area contributed by atoms with Crippen molar-refractivity contribution in [3.8, 4) is 0 Å². The Hall–Kier alpha value is -2.75. The summed E-state index contributed by atoms with van der Waals surface area (Å²) in [5.41, 5.74) is 4.44. The van der Waals surface area contributed by atoms with Gasteiger partial charge in [0.25, 0.3) is 0 Å². The molecule has 1 aromatic rings. The van der Waals surface area contributed by atoms with Crippen molar-refractivity contribution in [1.82, 2.24) is 5.32 Å². The number of carbonyl (C=O) groups excluding carboxylic acids is 2. The van der Waals surface area contributed by atoms with E-state index in [4.69, 9.17) is 0 Å². The number of hydrogen-bond acceptors (Lipinski definition) is 2. The van der Waals surface area contributed by atoms with Crippen molar-refractivity contribution in [1.29, 1.82) is 0 Å². The maximum Gasteiger partial charge on any atom is 0.217 e. The number of ketones is 1. The second-order valence-corrected chi connectivity index (χ2v) is 12.1. The fourth-order valence-electron chi connectivity index (χ4n) is 8.17. The summed E-state index contributed by atoms with van der Waals surface area (Å²) in [4.78, 5) is 25.1. The Morgan fingerprint density at radius 1 is 1.16 bits per heavy atom. The highest BCUT2D eigenvalue weighted by molar-refractivity contribution is 6.08. The van der Waals surface area contributed by atoms with E-state index < -0.39 is 0 Å². The number of Topliss-reactive ketones (excluding diaryl/α,β-unsaturated/α-hetero) is 1. The van der Waals surface area contributed by atoms with E-state index in [0.717, 1.165) is 43.2 Å². The lowest BCUT2D eigenvalue weighted by Gasteiger charge is -2.52. The highest BCUT2D eigenvalue weighted by Gasteiger charge is 2.57. The summed E-state index contributed by atoms with van der Waals surface area (Å²) in [7, 11) is 0. The lowest BCUT2D eigenvalue weighted by molar-refractivity contribution is -0.128. The molecule has 0 bridgehead atoms. The average molecular weight is 501 g/mol. The summed E-state index contributed by atoms with van der Waals surface area (Å²) in [6, 6.07) is 7.10. The molecule has 0 spiro atoms. The van der Waals surface area contributed by atoms with Crippen LogP contribution in [0.25, 0.3) is 5.57 Å². The van der Waals surface area contributed by atoms with E-state index >= 15 is 0 Å². The number of nitrogens with one attached hydrogen (secondary N) is 1. The third-order valence-electron chi connectivity index (χ3n) is 9.85. The van der Waals surface area contributed by atoms with Crippen molar-refractivity contribution in [2.45, 2.75) is 58.9 Å². The quantitative estimate of drug-likeness (QED) is 0.490. The lowest BCUT2D eigenvalue weighted by atomic mass is 9.51. The summed E-state index contributed by atoms with van der Waals surface area (Å²) in [6.07, 6.45) is 16.2. The Morgan fingerprint density at radius 3 is 2.76 bits per heavy atom. The average Bonchev–Trinajstić information content (AvgIpc) is 3.66. The number of amides is 1. The molecule has 1 unspecified atom stereocenters. The Kier molecular flexibility index (Phi) is 6.33. The molecule has 1 amide bonds. The van der Waals surface area contributed by atoms with Crippen LogP contribution in [0.3, 0.4) is 0 Å². The molecule has 195 valence electrons. The molecule has 1 N–H and O–H groups in total. The van der Waals surface area contributed by atoms with Gasteiger partial charge in [0.15, 0.2) is 5.78 Å². The fraction of sp³-hybridized carbons (Fsp3) is 0.485. The van der Waals surface area contributed by atoms with Crippen LogP contribution < -0.4 is 5.32 Å². The van der Waals surface area contributed by atoms with Crippen LogP contribution in [0.2, 0.25) is 0 Å². The van der Waals surface area contributed by atoms with Crippen LogP contribution in [-0.4, -0.2) is 17.7 Å². The van der Waals surface area contributed by atoms with Crippen LogP contribution in [0.1, 0.15) is 59.9 Å². The summed E-state index contributed by atoms with van der Waals surface area (Å²) >= 11 is 0. The van der Waals surface area contributed by atoms with Crippen LogP contribution in [0.15, 0.2) is 65.8 Å². The van der Waals surface area contributed by atoms with E-state index in [1.807, 2.05) is 6.07 Å². The molecular formula is C33H39FNO2. The maximum atomic E-state index is 13.8. The van der Waals surface area contributed by atoms with Crippen molar-refractivity contribution in [3.05, 3.63) is 83.1 Å². The summed E-state index contributed by atoms with van der Waals surface area (Å²) in [5, 5.41) is 3.15. The van der Waals surface area contributed by atoms with Crippen molar-refractivity contribution in [2.24, 2.45) is 41.4 Å². The lowest BCUT2D eigenvalue weighted by Crippen LogP contribution is -2.51. The number of halogens is 1. The monoisotopic (exact) mass is 500 g/mol. The van der Waals surface area contributed by atoms with Crippen molar-refractivity contribution in [3.63, 3.8) is 0 Å². The van der Waals surface area contributed by atoms with Crippen LogP contribution in [0, 0.1) is 53.2 Å². The molecule has 4 heteroatoms. The molecule has 3 fully saturated rings. The SMILES string of the molecule is CC(=O)N[C@@H]1CC[C@@H]2[C@H](C1)C[C@@H]1C(=O)C3=C[C]3[C@@H](C)[C@@H]1[C@H]2/C=C/C1=CC=C(c2cccc(F)c2)C(C)C1.[HH]. The Balaban J connectivity index is 0.00000294. The van der Waals surface area contributed by atoms with Crippen LogP contribution in [-0.2, 0) is 9.59 Å². The molecule has 37 heavy (non-hydrogen) atoms. The fourth-order valence-corrected chi connectivity index (χ4v) is 8.17. The minimum Gasteiger partial charge on any atom is -0.354 e. The molecule has 0 saturated heterocycles. The molecule has 1 aromatic carbocycles. The third kappa shape index (κ3) is 4.57. The highest BCUT2D eigenvalue weighted by atomic mass is 19.1. The van der Waals surface area contributed by atoms with Gasteiger partial charge in [0, 0.05) is 31.8 Å². The van der Waals surface area contributed by atoms with E-state index in [9.17, 15) is 14.0 Å². The first-order valence-electron chi connectivity index (χ1n) is 14.0. The molecule has 1 radical (unpaired) electrons. The number of allylic oxidation sites excluding steroid dienone is 8. The molecule has 3 saturated carbocycles.